The summed E-state index contributed by atoms with van der Waals surface area (Å²) in [6.07, 6.45) is 32.4. The van der Waals surface area contributed by atoms with Gasteiger partial charge in [-0.1, -0.05) is 136 Å². The summed E-state index contributed by atoms with van der Waals surface area (Å²) < 4.78 is 0. The molecule has 0 aromatic carbocycles. The van der Waals surface area contributed by atoms with Crippen LogP contribution in [0.15, 0.2) is 0 Å². The zero-order valence-electron chi connectivity index (χ0n) is 20.7. The van der Waals surface area contributed by atoms with Crippen molar-refractivity contribution in [2.45, 2.75) is 155 Å². The van der Waals surface area contributed by atoms with E-state index in [1.54, 1.807) is 0 Å². The Hall–Kier alpha value is -0.0400. The van der Waals surface area contributed by atoms with E-state index >= 15 is 0 Å². The molecule has 1 fully saturated rings. The van der Waals surface area contributed by atoms with Crippen LogP contribution < -0.4 is 0 Å². The van der Waals surface area contributed by atoms with Crippen molar-refractivity contribution < 1.29 is 0 Å². The molecule has 1 atom stereocenters. The molecule has 1 rings (SSSR count). The third-order valence-corrected chi connectivity index (χ3v) is 7.07. The predicted molar refractivity (Wildman–Crippen MR) is 133 cm³/mol. The first-order valence-electron chi connectivity index (χ1n) is 14.0. The number of unbranched alkanes of at least 4 members (excludes halogenated alkanes) is 19. The van der Waals surface area contributed by atoms with Gasteiger partial charge in [-0.05, 0) is 38.3 Å². The molecule has 1 aliphatic heterocycles. The topological polar surface area (TPSA) is 3.24 Å². The lowest BCUT2D eigenvalue weighted by Crippen LogP contribution is -2.34. The highest BCUT2D eigenvalue weighted by atomic mass is 15.1. The van der Waals surface area contributed by atoms with Gasteiger partial charge < -0.3 is 4.90 Å². The first-order chi connectivity index (χ1) is 14.3. The van der Waals surface area contributed by atoms with Gasteiger partial charge in [0.05, 0.1) is 0 Å². The van der Waals surface area contributed by atoms with Gasteiger partial charge in [-0.3, -0.25) is 0 Å². The number of piperidine rings is 1. The van der Waals surface area contributed by atoms with Crippen molar-refractivity contribution in [3.8, 4) is 0 Å². The third kappa shape index (κ3) is 18.4. The van der Waals surface area contributed by atoms with Gasteiger partial charge >= 0.3 is 0 Å². The number of hydrogen-bond donors (Lipinski definition) is 0. The van der Waals surface area contributed by atoms with Crippen molar-refractivity contribution in [3.63, 3.8) is 0 Å². The van der Waals surface area contributed by atoms with E-state index in [9.17, 15) is 0 Å². The van der Waals surface area contributed by atoms with E-state index < -0.39 is 0 Å². The Kier molecular flexibility index (Phi) is 19.7. The molecule has 0 N–H and O–H groups in total. The molecule has 1 nitrogen and oxygen atoms in total. The molecule has 1 heteroatoms. The molecule has 0 saturated carbocycles. The Morgan fingerprint density at radius 2 is 0.931 bits per heavy atom. The summed E-state index contributed by atoms with van der Waals surface area (Å²) in [4.78, 5) is 2.71. The standard InChI is InChI=1S/C28H57N/c1-3-4-5-6-7-8-9-10-11-12-13-14-15-16-17-18-19-20-21-22-25-29-26-23-24-28(2)27-29/h28H,3-27H2,1-2H3. The molecular weight excluding hydrogens is 350 g/mol. The van der Waals surface area contributed by atoms with Crippen LogP contribution in [0.2, 0.25) is 0 Å². The van der Waals surface area contributed by atoms with Crippen LogP contribution in [-0.2, 0) is 0 Å². The minimum absolute atomic E-state index is 0.939. The monoisotopic (exact) mass is 407 g/mol. The number of hydrogen-bond acceptors (Lipinski definition) is 1. The Morgan fingerprint density at radius 3 is 1.31 bits per heavy atom. The smallest absolute Gasteiger partial charge is 0.000703 e. The van der Waals surface area contributed by atoms with Crippen LogP contribution in [0, 0.1) is 5.92 Å². The molecule has 0 aromatic heterocycles. The minimum Gasteiger partial charge on any atom is -0.303 e. The fraction of sp³-hybridized carbons (Fsp3) is 1.00. The molecule has 1 saturated heterocycles. The first kappa shape index (κ1) is 27.0. The van der Waals surface area contributed by atoms with Crippen LogP contribution in [-0.4, -0.2) is 24.5 Å². The van der Waals surface area contributed by atoms with E-state index in [1.165, 1.54) is 161 Å². The second-order valence-electron chi connectivity index (χ2n) is 10.3. The molecular formula is C28H57N. The van der Waals surface area contributed by atoms with Gasteiger partial charge in [0.25, 0.3) is 0 Å². The Bertz CT molecular complexity index is 313. The summed E-state index contributed by atoms with van der Waals surface area (Å²) in [5, 5.41) is 0. The molecule has 29 heavy (non-hydrogen) atoms. The van der Waals surface area contributed by atoms with Crippen molar-refractivity contribution >= 4 is 0 Å². The Labute approximate surface area is 185 Å². The zero-order valence-corrected chi connectivity index (χ0v) is 20.7. The van der Waals surface area contributed by atoms with E-state index in [4.69, 9.17) is 0 Å². The maximum atomic E-state index is 2.71. The summed E-state index contributed by atoms with van der Waals surface area (Å²) in [6, 6.07) is 0. The van der Waals surface area contributed by atoms with Crippen molar-refractivity contribution in [1.82, 2.24) is 4.90 Å². The fourth-order valence-corrected chi connectivity index (χ4v) is 5.08. The molecule has 0 aliphatic carbocycles. The first-order valence-corrected chi connectivity index (χ1v) is 14.0. The summed E-state index contributed by atoms with van der Waals surface area (Å²) in [5.41, 5.74) is 0. The van der Waals surface area contributed by atoms with Crippen LogP contribution in [0.25, 0.3) is 0 Å². The fourth-order valence-electron chi connectivity index (χ4n) is 5.08. The summed E-state index contributed by atoms with van der Waals surface area (Å²) in [5.74, 6) is 0.939. The average Bonchev–Trinajstić information content (AvgIpc) is 2.72. The summed E-state index contributed by atoms with van der Waals surface area (Å²) in [7, 11) is 0. The highest BCUT2D eigenvalue weighted by Gasteiger charge is 2.15. The maximum absolute atomic E-state index is 2.71. The van der Waals surface area contributed by atoms with Crippen LogP contribution in [0.5, 0.6) is 0 Å². The SMILES string of the molecule is CCCCCCCCCCCCCCCCCCCCCCN1CCCC(C)C1. The van der Waals surface area contributed by atoms with Gasteiger partial charge in [-0.2, -0.15) is 0 Å². The highest BCUT2D eigenvalue weighted by Crippen LogP contribution is 2.17. The van der Waals surface area contributed by atoms with Crippen LogP contribution in [0.3, 0.4) is 0 Å². The third-order valence-electron chi connectivity index (χ3n) is 7.07. The van der Waals surface area contributed by atoms with Gasteiger partial charge in [0.15, 0.2) is 0 Å². The second-order valence-corrected chi connectivity index (χ2v) is 10.3. The lowest BCUT2D eigenvalue weighted by molar-refractivity contribution is 0.180. The van der Waals surface area contributed by atoms with Crippen LogP contribution >= 0.6 is 0 Å². The van der Waals surface area contributed by atoms with Crippen molar-refractivity contribution in [2.75, 3.05) is 19.6 Å². The lowest BCUT2D eigenvalue weighted by atomic mass is 10.00. The molecule has 1 unspecified atom stereocenters. The number of likely N-dealkylation sites (tertiary alicyclic amines) is 1. The molecule has 1 aliphatic rings. The highest BCUT2D eigenvalue weighted by molar-refractivity contribution is 4.69. The molecule has 0 amide bonds. The van der Waals surface area contributed by atoms with Crippen molar-refractivity contribution in [1.29, 1.82) is 0 Å². The largest absolute Gasteiger partial charge is 0.303 e. The minimum atomic E-state index is 0.939. The molecule has 0 bridgehead atoms. The Balaban J connectivity index is 1.66. The van der Waals surface area contributed by atoms with Gasteiger partial charge in [0.2, 0.25) is 0 Å². The van der Waals surface area contributed by atoms with Crippen LogP contribution in [0.4, 0.5) is 0 Å². The number of nitrogens with zero attached hydrogens (tertiary/aromatic N) is 1. The van der Waals surface area contributed by atoms with E-state index in [0.717, 1.165) is 5.92 Å². The van der Waals surface area contributed by atoms with Crippen LogP contribution in [0.1, 0.15) is 155 Å². The maximum Gasteiger partial charge on any atom is 0.000703 e. The van der Waals surface area contributed by atoms with Gasteiger partial charge in [0.1, 0.15) is 0 Å². The van der Waals surface area contributed by atoms with Crippen molar-refractivity contribution in [3.05, 3.63) is 0 Å². The van der Waals surface area contributed by atoms with Gasteiger partial charge in [0, 0.05) is 6.54 Å². The second kappa shape index (κ2) is 21.2. The normalized spacial score (nSPS) is 17.8. The predicted octanol–water partition coefficient (Wildman–Crippen LogP) is 9.54. The van der Waals surface area contributed by atoms with E-state index in [0.29, 0.717) is 0 Å². The Morgan fingerprint density at radius 1 is 0.552 bits per heavy atom. The molecule has 0 radical (unpaired) electrons. The van der Waals surface area contributed by atoms with Gasteiger partial charge in [-0.25, -0.2) is 0 Å². The van der Waals surface area contributed by atoms with Gasteiger partial charge in [-0.15, -0.1) is 0 Å². The average molecular weight is 408 g/mol. The zero-order chi connectivity index (χ0) is 20.8. The molecule has 174 valence electrons. The molecule has 0 aromatic rings. The summed E-state index contributed by atoms with van der Waals surface area (Å²) in [6.45, 7) is 8.81. The molecule has 1 heterocycles. The van der Waals surface area contributed by atoms with E-state index in [-0.39, 0.29) is 0 Å². The van der Waals surface area contributed by atoms with E-state index in [2.05, 4.69) is 18.7 Å². The quantitative estimate of drug-likeness (QED) is 0.171. The van der Waals surface area contributed by atoms with Crippen molar-refractivity contribution in [2.24, 2.45) is 5.92 Å². The lowest BCUT2D eigenvalue weighted by Gasteiger charge is -2.30. The summed E-state index contributed by atoms with van der Waals surface area (Å²) >= 11 is 0. The number of rotatable bonds is 21. The molecule has 0 spiro atoms. The van der Waals surface area contributed by atoms with E-state index in [1.807, 2.05) is 0 Å².